The maximum Gasteiger partial charge on any atom is 0.283 e. The van der Waals surface area contributed by atoms with Crippen LogP contribution in [-0.2, 0) is 4.79 Å². The number of nitrogens with zero attached hydrogens (tertiary/aromatic N) is 2. The Morgan fingerprint density at radius 3 is 2.33 bits per heavy atom. The van der Waals surface area contributed by atoms with E-state index < -0.39 is 0 Å². The Bertz CT molecular complexity index is 205. The number of rotatable bonds is 7. The molecule has 0 amide bonds. The second kappa shape index (κ2) is 15.2. The molecule has 0 fully saturated rings. The van der Waals surface area contributed by atoms with Crippen molar-refractivity contribution in [3.05, 3.63) is 0 Å². The van der Waals surface area contributed by atoms with E-state index in [0.29, 0.717) is 12.5 Å². The Kier molecular flexibility index (Phi) is 16.3. The van der Waals surface area contributed by atoms with Crippen molar-refractivity contribution in [3.63, 3.8) is 0 Å². The third-order valence-corrected chi connectivity index (χ3v) is 2.08. The summed E-state index contributed by atoms with van der Waals surface area (Å²) in [5.74, 6) is 0.608. The maximum atomic E-state index is 9.90. The van der Waals surface area contributed by atoms with E-state index in [0.717, 1.165) is 6.26 Å². The fourth-order valence-corrected chi connectivity index (χ4v) is 1.39. The molecule has 0 aliphatic carbocycles. The second-order valence-corrected chi connectivity index (χ2v) is 3.33. The first-order valence-corrected chi connectivity index (χ1v) is 5.33. The van der Waals surface area contributed by atoms with Crippen LogP contribution in [0.25, 0.3) is 0 Å². The van der Waals surface area contributed by atoms with E-state index in [2.05, 4.69) is 18.8 Å². The van der Waals surface area contributed by atoms with Gasteiger partial charge < -0.3 is 5.11 Å². The van der Waals surface area contributed by atoms with Crippen LogP contribution in [0.2, 0.25) is 0 Å². The van der Waals surface area contributed by atoms with Gasteiger partial charge in [-0.25, -0.2) is 9.79 Å². The van der Waals surface area contributed by atoms with Crippen LogP contribution in [0.3, 0.4) is 0 Å². The lowest BCUT2D eigenvalue weighted by Crippen LogP contribution is -2.04. The molecule has 1 N–H and O–H groups in total. The average Bonchev–Trinajstić information content (AvgIpc) is 2.23. The highest BCUT2D eigenvalue weighted by Gasteiger charge is 2.05. The summed E-state index contributed by atoms with van der Waals surface area (Å²) in [4.78, 5) is 13.5. The van der Waals surface area contributed by atoms with Crippen molar-refractivity contribution in [3.8, 4) is 6.26 Å². The third kappa shape index (κ3) is 15.4. The van der Waals surface area contributed by atoms with E-state index in [1.165, 1.54) is 32.1 Å². The molecule has 0 aliphatic heterocycles. The monoisotopic (exact) mass is 212 g/mol. The number of nitriles is 1. The summed E-state index contributed by atoms with van der Waals surface area (Å²) in [5.41, 5.74) is 0. The van der Waals surface area contributed by atoms with Crippen LogP contribution >= 0.6 is 0 Å². The summed E-state index contributed by atoms with van der Waals surface area (Å²) >= 11 is 0. The van der Waals surface area contributed by atoms with Gasteiger partial charge in [-0.05, 0) is 18.8 Å². The molecule has 0 bridgehead atoms. The molecule has 0 aromatic heterocycles. The molecule has 0 spiro atoms. The van der Waals surface area contributed by atoms with Gasteiger partial charge in [-0.1, -0.05) is 33.1 Å². The highest BCUT2D eigenvalue weighted by atomic mass is 16.2. The predicted octanol–water partition coefficient (Wildman–Crippen LogP) is 2.77. The molecule has 0 rings (SSSR count). The summed E-state index contributed by atoms with van der Waals surface area (Å²) < 4.78 is 0. The van der Waals surface area contributed by atoms with Gasteiger partial charge in [0.15, 0.2) is 0 Å². The number of unbranched alkanes of at least 4 members (excludes halogenated alkanes) is 1. The van der Waals surface area contributed by atoms with Gasteiger partial charge in [0.25, 0.3) is 6.26 Å². The van der Waals surface area contributed by atoms with Crippen LogP contribution in [0, 0.1) is 17.4 Å². The number of hydrogen-bond donors (Lipinski definition) is 1. The van der Waals surface area contributed by atoms with Crippen LogP contribution in [0.5, 0.6) is 0 Å². The summed E-state index contributed by atoms with van der Waals surface area (Å²) in [6.45, 7) is 5.03. The largest absolute Gasteiger partial charge is 0.443 e. The van der Waals surface area contributed by atoms with Crippen molar-refractivity contribution in [1.29, 1.82) is 5.26 Å². The topological polar surface area (TPSA) is 73.5 Å². The first kappa shape index (κ1) is 16.1. The Balaban J connectivity index is 0. The quantitative estimate of drug-likeness (QED) is 0.400. The van der Waals surface area contributed by atoms with Gasteiger partial charge in [0.05, 0.1) is 6.54 Å². The van der Waals surface area contributed by atoms with Gasteiger partial charge in [0, 0.05) is 0 Å². The van der Waals surface area contributed by atoms with Gasteiger partial charge in [0.1, 0.15) is 0 Å². The number of carbonyl (C=O) groups excluding carboxylic acids is 1. The van der Waals surface area contributed by atoms with Crippen molar-refractivity contribution in [2.24, 2.45) is 10.9 Å². The molecule has 0 aliphatic rings. The van der Waals surface area contributed by atoms with E-state index in [1.54, 1.807) is 6.08 Å². The Morgan fingerprint density at radius 1 is 1.33 bits per heavy atom. The maximum absolute atomic E-state index is 9.90. The first-order valence-electron chi connectivity index (χ1n) is 5.33. The lowest BCUT2D eigenvalue weighted by Gasteiger charge is -2.11. The molecule has 0 aromatic carbocycles. The highest BCUT2D eigenvalue weighted by Crippen LogP contribution is 2.14. The number of aliphatic hydroxyl groups excluding tert-OH is 1. The summed E-state index contributed by atoms with van der Waals surface area (Å²) in [5, 5.41) is 13.8. The van der Waals surface area contributed by atoms with E-state index in [-0.39, 0.29) is 0 Å². The van der Waals surface area contributed by atoms with E-state index >= 15 is 0 Å². The van der Waals surface area contributed by atoms with Crippen molar-refractivity contribution >= 4 is 6.08 Å². The molecule has 4 nitrogen and oxygen atoms in total. The van der Waals surface area contributed by atoms with Gasteiger partial charge in [-0.15, -0.1) is 0 Å². The highest BCUT2D eigenvalue weighted by molar-refractivity contribution is 5.32. The van der Waals surface area contributed by atoms with Crippen molar-refractivity contribution in [2.75, 3.05) is 6.54 Å². The zero-order valence-electron chi connectivity index (χ0n) is 9.57. The van der Waals surface area contributed by atoms with Crippen LogP contribution in [0.1, 0.15) is 46.0 Å². The van der Waals surface area contributed by atoms with Gasteiger partial charge in [0.2, 0.25) is 6.08 Å². The molecule has 1 unspecified atom stereocenters. The normalized spacial score (nSPS) is 10.2. The van der Waals surface area contributed by atoms with Crippen LogP contribution in [-0.4, -0.2) is 17.7 Å². The van der Waals surface area contributed by atoms with Crippen molar-refractivity contribution < 1.29 is 9.90 Å². The van der Waals surface area contributed by atoms with Crippen molar-refractivity contribution in [1.82, 2.24) is 0 Å². The number of hydrogen-bond acceptors (Lipinski definition) is 4. The molecule has 0 saturated carbocycles. The van der Waals surface area contributed by atoms with Crippen molar-refractivity contribution in [2.45, 2.75) is 46.0 Å². The van der Waals surface area contributed by atoms with Gasteiger partial charge in [-0.2, -0.15) is 5.26 Å². The smallest absolute Gasteiger partial charge is 0.283 e. The molecule has 1 atom stereocenters. The van der Waals surface area contributed by atoms with Crippen LogP contribution in [0.15, 0.2) is 4.99 Å². The minimum absolute atomic E-state index is 0.608. The standard InChI is InChI=1S/C10H19NO.CHNO/c1-3-5-7-10(6-4-2)8-11-9-12;2-1-3/h10H,3-8H2,1-2H3;3H. The molecular formula is C11H20N2O2. The minimum Gasteiger partial charge on any atom is -0.443 e. The summed E-state index contributed by atoms with van der Waals surface area (Å²) in [6, 6.07) is 0. The number of aliphatic hydroxyl groups is 1. The number of aliphatic imine (C=N–C) groups is 1. The van der Waals surface area contributed by atoms with E-state index in [1.807, 2.05) is 0 Å². The fraction of sp³-hybridized carbons (Fsp3) is 0.818. The fourth-order valence-electron chi connectivity index (χ4n) is 1.39. The minimum atomic E-state index is 0.608. The first-order chi connectivity index (χ1) is 7.26. The third-order valence-electron chi connectivity index (χ3n) is 2.08. The van der Waals surface area contributed by atoms with Gasteiger partial charge in [-0.3, -0.25) is 0 Å². The Morgan fingerprint density at radius 2 is 1.93 bits per heavy atom. The van der Waals surface area contributed by atoms with Crippen LogP contribution < -0.4 is 0 Å². The second-order valence-electron chi connectivity index (χ2n) is 3.33. The van der Waals surface area contributed by atoms with E-state index in [9.17, 15) is 4.79 Å². The molecule has 86 valence electrons. The lowest BCUT2D eigenvalue weighted by atomic mass is 9.97. The average molecular weight is 212 g/mol. The Hall–Kier alpha value is -1.33. The molecule has 15 heavy (non-hydrogen) atoms. The summed E-state index contributed by atoms with van der Waals surface area (Å²) in [6.07, 6.45) is 8.41. The lowest BCUT2D eigenvalue weighted by molar-refractivity contribution is 0.438. The van der Waals surface area contributed by atoms with Crippen LogP contribution in [0.4, 0.5) is 0 Å². The number of isocyanates is 1. The zero-order valence-corrected chi connectivity index (χ0v) is 9.57. The Labute approximate surface area is 91.6 Å². The predicted molar refractivity (Wildman–Crippen MR) is 58.5 cm³/mol. The molecular weight excluding hydrogens is 192 g/mol. The zero-order chi connectivity index (χ0) is 11.9. The SMILES string of the molecule is CCCCC(CCC)CN=C=O.N#CO. The molecule has 4 heteroatoms. The van der Waals surface area contributed by atoms with E-state index in [4.69, 9.17) is 10.4 Å². The molecule has 0 radical (unpaired) electrons. The van der Waals surface area contributed by atoms with Gasteiger partial charge >= 0.3 is 0 Å². The molecule has 0 saturated heterocycles. The molecule has 0 heterocycles. The molecule has 0 aromatic rings. The summed E-state index contributed by atoms with van der Waals surface area (Å²) in [7, 11) is 0.